The van der Waals surface area contributed by atoms with Crippen molar-refractivity contribution < 1.29 is 4.74 Å². The second kappa shape index (κ2) is 5.98. The van der Waals surface area contributed by atoms with Gasteiger partial charge in [0, 0.05) is 19.5 Å². The quantitative estimate of drug-likeness (QED) is 0.501. The molecule has 1 aromatic carbocycles. The topological polar surface area (TPSA) is 50.8 Å². The number of ether oxygens (including phenoxy) is 1. The van der Waals surface area contributed by atoms with Gasteiger partial charge >= 0.3 is 0 Å². The smallest absolute Gasteiger partial charge is 0.191 e. The van der Waals surface area contributed by atoms with Crippen molar-refractivity contribution in [1.82, 2.24) is 4.90 Å². The van der Waals surface area contributed by atoms with Crippen molar-refractivity contribution in [3.8, 4) is 5.75 Å². The number of benzene rings is 1. The molecule has 1 heterocycles. The summed E-state index contributed by atoms with van der Waals surface area (Å²) in [5, 5.41) is 0. The van der Waals surface area contributed by atoms with Crippen LogP contribution in [0.5, 0.6) is 5.75 Å². The van der Waals surface area contributed by atoms with Gasteiger partial charge in [0.15, 0.2) is 5.96 Å². The van der Waals surface area contributed by atoms with Crippen LogP contribution in [0.25, 0.3) is 0 Å². The lowest BCUT2D eigenvalue weighted by Crippen LogP contribution is -2.36. The van der Waals surface area contributed by atoms with E-state index in [1.165, 1.54) is 18.4 Å². The standard InChI is InChI=1S/C14H19N3O.HI/c1-17(11-6-7-11)14(15)16-9-12-8-10-4-2-3-5-13(10)18-12;/h2-5,11-12H,6-9H2,1H3,(H2,15,16);1H. The Hall–Kier alpha value is -0.980. The van der Waals surface area contributed by atoms with Crippen LogP contribution in [-0.2, 0) is 6.42 Å². The van der Waals surface area contributed by atoms with Gasteiger partial charge in [-0.2, -0.15) is 0 Å². The number of para-hydroxylation sites is 1. The fourth-order valence-electron chi connectivity index (χ4n) is 2.31. The molecule has 1 fully saturated rings. The number of aliphatic imine (C=N–C) groups is 1. The van der Waals surface area contributed by atoms with Crippen molar-refractivity contribution in [3.05, 3.63) is 29.8 Å². The largest absolute Gasteiger partial charge is 0.488 e. The van der Waals surface area contributed by atoms with Gasteiger partial charge in [0.1, 0.15) is 11.9 Å². The molecule has 1 aliphatic heterocycles. The molecule has 2 N–H and O–H groups in total. The van der Waals surface area contributed by atoms with Gasteiger partial charge in [-0.05, 0) is 24.5 Å². The van der Waals surface area contributed by atoms with E-state index in [0.717, 1.165) is 12.2 Å². The van der Waals surface area contributed by atoms with E-state index in [0.29, 0.717) is 18.5 Å². The molecule has 104 valence electrons. The molecule has 0 spiro atoms. The minimum atomic E-state index is 0. The summed E-state index contributed by atoms with van der Waals surface area (Å²) in [7, 11) is 2.01. The lowest BCUT2D eigenvalue weighted by molar-refractivity contribution is 0.241. The molecule has 0 saturated heterocycles. The van der Waals surface area contributed by atoms with Gasteiger partial charge in [-0.3, -0.25) is 0 Å². The highest BCUT2D eigenvalue weighted by Gasteiger charge is 2.28. The maximum atomic E-state index is 5.96. The maximum Gasteiger partial charge on any atom is 0.191 e. The number of rotatable bonds is 3. The Morgan fingerprint density at radius 1 is 1.42 bits per heavy atom. The summed E-state index contributed by atoms with van der Waals surface area (Å²) in [4.78, 5) is 6.52. The van der Waals surface area contributed by atoms with E-state index < -0.39 is 0 Å². The number of nitrogens with two attached hydrogens (primary N) is 1. The Bertz CT molecular complexity index is 449. The number of guanidine groups is 1. The molecule has 1 saturated carbocycles. The van der Waals surface area contributed by atoms with E-state index in [1.807, 2.05) is 25.2 Å². The van der Waals surface area contributed by atoms with E-state index in [4.69, 9.17) is 10.5 Å². The van der Waals surface area contributed by atoms with Crippen LogP contribution in [0.1, 0.15) is 18.4 Å². The predicted octanol–water partition coefficient (Wildman–Crippen LogP) is 2.02. The molecule has 19 heavy (non-hydrogen) atoms. The summed E-state index contributed by atoms with van der Waals surface area (Å²) in [6.45, 7) is 0.636. The third-order valence-corrected chi connectivity index (χ3v) is 3.63. The number of fused-ring (bicyclic) bond motifs is 1. The lowest BCUT2D eigenvalue weighted by Gasteiger charge is -2.17. The Balaban J connectivity index is 0.00000133. The highest BCUT2D eigenvalue weighted by atomic mass is 127. The Morgan fingerprint density at radius 3 is 2.84 bits per heavy atom. The average Bonchev–Trinajstić information content (AvgIpc) is 3.14. The molecule has 0 radical (unpaired) electrons. The first-order chi connectivity index (χ1) is 8.74. The molecule has 0 bridgehead atoms. The van der Waals surface area contributed by atoms with Crippen LogP contribution in [0.2, 0.25) is 0 Å². The molecule has 0 amide bonds. The van der Waals surface area contributed by atoms with Crippen LogP contribution in [-0.4, -0.2) is 36.6 Å². The minimum Gasteiger partial charge on any atom is -0.488 e. The van der Waals surface area contributed by atoms with Gasteiger partial charge < -0.3 is 15.4 Å². The summed E-state index contributed by atoms with van der Waals surface area (Å²) in [5.74, 6) is 1.63. The van der Waals surface area contributed by atoms with Crippen molar-refractivity contribution in [2.45, 2.75) is 31.4 Å². The first kappa shape index (κ1) is 14.4. The third-order valence-electron chi connectivity index (χ3n) is 3.63. The molecule has 1 aromatic rings. The van der Waals surface area contributed by atoms with Crippen molar-refractivity contribution in [2.75, 3.05) is 13.6 Å². The van der Waals surface area contributed by atoms with E-state index >= 15 is 0 Å². The van der Waals surface area contributed by atoms with Crippen LogP contribution < -0.4 is 10.5 Å². The molecule has 2 aliphatic rings. The van der Waals surface area contributed by atoms with Crippen molar-refractivity contribution >= 4 is 29.9 Å². The Kier molecular flexibility index (Phi) is 4.54. The van der Waals surface area contributed by atoms with E-state index in [2.05, 4.69) is 16.0 Å². The van der Waals surface area contributed by atoms with Crippen LogP contribution in [0.3, 0.4) is 0 Å². The van der Waals surface area contributed by atoms with Crippen LogP contribution in [0.15, 0.2) is 29.3 Å². The van der Waals surface area contributed by atoms with Crippen molar-refractivity contribution in [1.29, 1.82) is 0 Å². The highest BCUT2D eigenvalue weighted by molar-refractivity contribution is 14.0. The minimum absolute atomic E-state index is 0. The van der Waals surface area contributed by atoms with Gasteiger partial charge in [0.2, 0.25) is 0 Å². The van der Waals surface area contributed by atoms with Gasteiger partial charge in [0.05, 0.1) is 6.54 Å². The molecular formula is C14H20IN3O. The van der Waals surface area contributed by atoms with Crippen molar-refractivity contribution in [3.63, 3.8) is 0 Å². The maximum absolute atomic E-state index is 5.96. The molecule has 1 unspecified atom stereocenters. The number of nitrogens with zero attached hydrogens (tertiary/aromatic N) is 2. The van der Waals surface area contributed by atoms with Gasteiger partial charge in [-0.1, -0.05) is 18.2 Å². The van der Waals surface area contributed by atoms with Crippen LogP contribution in [0, 0.1) is 0 Å². The Morgan fingerprint density at radius 2 is 2.16 bits per heavy atom. The fourth-order valence-corrected chi connectivity index (χ4v) is 2.31. The molecule has 4 nitrogen and oxygen atoms in total. The zero-order chi connectivity index (χ0) is 12.5. The second-order valence-electron chi connectivity index (χ2n) is 5.09. The summed E-state index contributed by atoms with van der Waals surface area (Å²) < 4.78 is 5.83. The molecule has 3 rings (SSSR count). The molecule has 0 aromatic heterocycles. The van der Waals surface area contributed by atoms with Gasteiger partial charge in [0.25, 0.3) is 0 Å². The van der Waals surface area contributed by atoms with Crippen molar-refractivity contribution in [2.24, 2.45) is 10.7 Å². The van der Waals surface area contributed by atoms with Crippen LogP contribution >= 0.6 is 24.0 Å². The zero-order valence-electron chi connectivity index (χ0n) is 11.1. The highest BCUT2D eigenvalue weighted by Crippen LogP contribution is 2.28. The average molecular weight is 373 g/mol. The summed E-state index contributed by atoms with van der Waals surface area (Å²) >= 11 is 0. The van der Waals surface area contributed by atoms with Gasteiger partial charge in [-0.25, -0.2) is 4.99 Å². The van der Waals surface area contributed by atoms with E-state index in [-0.39, 0.29) is 30.1 Å². The van der Waals surface area contributed by atoms with Crippen LogP contribution in [0.4, 0.5) is 0 Å². The summed E-state index contributed by atoms with van der Waals surface area (Å²) in [6, 6.07) is 8.77. The first-order valence-corrected chi connectivity index (χ1v) is 6.51. The lowest BCUT2D eigenvalue weighted by atomic mass is 10.1. The second-order valence-corrected chi connectivity index (χ2v) is 5.09. The molecular weight excluding hydrogens is 353 g/mol. The number of hydrogen-bond donors (Lipinski definition) is 1. The fraction of sp³-hybridized carbons (Fsp3) is 0.500. The van der Waals surface area contributed by atoms with E-state index in [1.54, 1.807) is 0 Å². The normalized spacial score (nSPS) is 21.3. The molecule has 1 atom stereocenters. The summed E-state index contributed by atoms with van der Waals surface area (Å²) in [6.07, 6.45) is 3.53. The zero-order valence-corrected chi connectivity index (χ0v) is 13.4. The monoisotopic (exact) mass is 373 g/mol. The number of halogens is 1. The first-order valence-electron chi connectivity index (χ1n) is 6.51. The molecule has 5 heteroatoms. The summed E-state index contributed by atoms with van der Waals surface area (Å²) in [5.41, 5.74) is 7.23. The SMILES string of the molecule is CN(C(N)=NCC1Cc2ccccc2O1)C1CC1.I. The van der Waals surface area contributed by atoms with Gasteiger partial charge in [-0.15, -0.1) is 24.0 Å². The predicted molar refractivity (Wildman–Crippen MR) is 87.3 cm³/mol. The Labute approximate surface area is 131 Å². The third kappa shape index (κ3) is 3.32. The number of hydrogen-bond acceptors (Lipinski definition) is 2. The molecule has 1 aliphatic carbocycles. The van der Waals surface area contributed by atoms with E-state index in [9.17, 15) is 0 Å².